The summed E-state index contributed by atoms with van der Waals surface area (Å²) in [6.07, 6.45) is 1.85. The normalized spacial score (nSPS) is 12.3. The number of amides is 1. The number of hydrogen-bond donors (Lipinski definition) is 2. The Hall–Kier alpha value is -2.07. The number of rotatable bonds is 3. The van der Waals surface area contributed by atoms with Gasteiger partial charge in [-0.2, -0.15) is 0 Å². The molecule has 2 aromatic carbocycles. The van der Waals surface area contributed by atoms with Crippen molar-refractivity contribution in [2.45, 2.75) is 13.0 Å². The first-order valence-electron chi connectivity index (χ1n) is 6.77. The fourth-order valence-corrected chi connectivity index (χ4v) is 2.82. The van der Waals surface area contributed by atoms with Crippen molar-refractivity contribution in [3.63, 3.8) is 0 Å². The van der Waals surface area contributed by atoms with Crippen LogP contribution in [0.4, 0.5) is 0 Å². The first kappa shape index (κ1) is 13.9. The Balaban J connectivity index is 1.85. The van der Waals surface area contributed by atoms with Crippen LogP contribution >= 0.6 is 15.9 Å². The molecule has 3 rings (SSSR count). The molecule has 106 valence electrons. The smallest absolute Gasteiger partial charge is 0.253 e. The molecule has 1 heterocycles. The van der Waals surface area contributed by atoms with Gasteiger partial charge in [0, 0.05) is 16.1 Å². The van der Waals surface area contributed by atoms with Crippen LogP contribution in [-0.2, 0) is 0 Å². The molecule has 0 aliphatic rings. The zero-order valence-electron chi connectivity index (χ0n) is 11.6. The maximum atomic E-state index is 12.5. The molecule has 21 heavy (non-hydrogen) atoms. The van der Waals surface area contributed by atoms with Gasteiger partial charge in [-0.25, -0.2) is 0 Å². The quantitative estimate of drug-likeness (QED) is 0.726. The number of hydrogen-bond acceptors (Lipinski definition) is 1. The van der Waals surface area contributed by atoms with Crippen LogP contribution in [0, 0.1) is 0 Å². The van der Waals surface area contributed by atoms with E-state index >= 15 is 0 Å². The molecule has 4 heteroatoms. The molecular weight excluding hydrogens is 328 g/mol. The van der Waals surface area contributed by atoms with E-state index in [1.54, 1.807) is 0 Å². The van der Waals surface area contributed by atoms with Crippen LogP contribution in [0.25, 0.3) is 10.9 Å². The van der Waals surface area contributed by atoms with Crippen LogP contribution < -0.4 is 5.32 Å². The summed E-state index contributed by atoms with van der Waals surface area (Å²) < 4.78 is 1.01. The second-order valence-corrected chi connectivity index (χ2v) is 5.91. The lowest BCUT2D eigenvalue weighted by Gasteiger charge is -2.15. The molecule has 0 spiro atoms. The minimum absolute atomic E-state index is 0.0554. The Morgan fingerprint density at radius 3 is 2.81 bits per heavy atom. The van der Waals surface area contributed by atoms with E-state index in [2.05, 4.69) is 26.2 Å². The van der Waals surface area contributed by atoms with E-state index in [4.69, 9.17) is 0 Å². The number of aromatic amines is 1. The highest BCUT2D eigenvalue weighted by Gasteiger charge is 2.14. The zero-order valence-corrected chi connectivity index (χ0v) is 13.1. The van der Waals surface area contributed by atoms with Crippen LogP contribution in [0.1, 0.15) is 28.9 Å². The predicted octanol–water partition coefficient (Wildman–Crippen LogP) is 4.42. The van der Waals surface area contributed by atoms with E-state index in [9.17, 15) is 4.79 Å². The van der Waals surface area contributed by atoms with Crippen LogP contribution in [0.15, 0.2) is 59.2 Å². The maximum absolute atomic E-state index is 12.5. The maximum Gasteiger partial charge on any atom is 0.253 e. The van der Waals surface area contributed by atoms with Gasteiger partial charge < -0.3 is 10.3 Å². The lowest BCUT2D eigenvalue weighted by molar-refractivity contribution is 0.0941. The van der Waals surface area contributed by atoms with Crippen LogP contribution in [0.3, 0.4) is 0 Å². The minimum Gasteiger partial charge on any atom is -0.361 e. The van der Waals surface area contributed by atoms with Crippen molar-refractivity contribution in [1.82, 2.24) is 10.3 Å². The molecule has 1 unspecified atom stereocenters. The number of carbonyl (C=O) groups excluding carboxylic acids is 1. The van der Waals surface area contributed by atoms with Gasteiger partial charge in [-0.3, -0.25) is 4.79 Å². The summed E-state index contributed by atoms with van der Waals surface area (Å²) in [6.45, 7) is 1.98. The highest BCUT2D eigenvalue weighted by Crippen LogP contribution is 2.20. The summed E-state index contributed by atoms with van der Waals surface area (Å²) in [5.74, 6) is -0.0736. The van der Waals surface area contributed by atoms with Crippen molar-refractivity contribution in [2.24, 2.45) is 0 Å². The second kappa shape index (κ2) is 5.74. The zero-order chi connectivity index (χ0) is 14.8. The molecule has 0 saturated carbocycles. The first-order valence-corrected chi connectivity index (χ1v) is 7.57. The number of fused-ring (bicyclic) bond motifs is 1. The topological polar surface area (TPSA) is 44.9 Å². The van der Waals surface area contributed by atoms with E-state index < -0.39 is 0 Å². The molecule has 0 fully saturated rings. The molecule has 0 saturated heterocycles. The number of para-hydroxylation sites is 1. The Kier molecular flexibility index (Phi) is 3.80. The fraction of sp³-hybridized carbons (Fsp3) is 0.118. The van der Waals surface area contributed by atoms with Crippen molar-refractivity contribution >= 4 is 32.7 Å². The standard InChI is InChI=1S/C17H15BrN2O/c1-11(13-5-2-6-14(18)10-13)20-17(21)15-7-3-4-12-8-9-19-16(12)15/h2-11,19H,1H3,(H,20,21). The molecule has 3 nitrogen and oxygen atoms in total. The number of halogens is 1. The van der Waals surface area contributed by atoms with Crippen molar-refractivity contribution in [2.75, 3.05) is 0 Å². The summed E-state index contributed by atoms with van der Waals surface area (Å²) in [5.41, 5.74) is 2.60. The summed E-state index contributed by atoms with van der Waals surface area (Å²) in [7, 11) is 0. The van der Waals surface area contributed by atoms with Gasteiger partial charge in [0.2, 0.25) is 0 Å². The highest BCUT2D eigenvalue weighted by atomic mass is 79.9. The number of carbonyl (C=O) groups is 1. The monoisotopic (exact) mass is 342 g/mol. The number of benzene rings is 2. The third-order valence-corrected chi connectivity index (χ3v) is 4.02. The van der Waals surface area contributed by atoms with E-state index in [0.717, 1.165) is 20.9 Å². The van der Waals surface area contributed by atoms with E-state index in [-0.39, 0.29) is 11.9 Å². The first-order chi connectivity index (χ1) is 10.1. The molecule has 3 aromatic rings. The number of nitrogens with one attached hydrogen (secondary N) is 2. The third-order valence-electron chi connectivity index (χ3n) is 3.53. The van der Waals surface area contributed by atoms with Gasteiger partial charge in [-0.1, -0.05) is 40.2 Å². The SMILES string of the molecule is CC(NC(=O)c1cccc2cc[nH]c12)c1cccc(Br)c1. The average Bonchev–Trinajstić information content (AvgIpc) is 2.95. The largest absolute Gasteiger partial charge is 0.361 e. The highest BCUT2D eigenvalue weighted by molar-refractivity contribution is 9.10. The van der Waals surface area contributed by atoms with E-state index in [1.807, 2.05) is 61.7 Å². The average molecular weight is 343 g/mol. The van der Waals surface area contributed by atoms with Gasteiger partial charge in [0.15, 0.2) is 0 Å². The van der Waals surface area contributed by atoms with Crippen LogP contribution in [0.2, 0.25) is 0 Å². The van der Waals surface area contributed by atoms with E-state index in [0.29, 0.717) is 5.56 Å². The van der Waals surface area contributed by atoms with Gasteiger partial charge in [0.1, 0.15) is 0 Å². The second-order valence-electron chi connectivity index (χ2n) is 5.00. The van der Waals surface area contributed by atoms with Gasteiger partial charge in [-0.05, 0) is 36.8 Å². The lowest BCUT2D eigenvalue weighted by atomic mass is 10.1. The summed E-state index contributed by atoms with van der Waals surface area (Å²) in [4.78, 5) is 15.6. The molecule has 1 atom stereocenters. The Morgan fingerprint density at radius 1 is 1.19 bits per heavy atom. The van der Waals surface area contributed by atoms with Gasteiger partial charge >= 0.3 is 0 Å². The number of H-pyrrole nitrogens is 1. The van der Waals surface area contributed by atoms with E-state index in [1.165, 1.54) is 0 Å². The minimum atomic E-state index is -0.0736. The van der Waals surface area contributed by atoms with Gasteiger partial charge in [0.05, 0.1) is 17.1 Å². The molecule has 0 bridgehead atoms. The Bertz CT molecular complexity index is 794. The predicted molar refractivity (Wildman–Crippen MR) is 88.3 cm³/mol. The summed E-state index contributed by atoms with van der Waals surface area (Å²) >= 11 is 3.45. The van der Waals surface area contributed by atoms with Crippen molar-refractivity contribution in [1.29, 1.82) is 0 Å². The lowest BCUT2D eigenvalue weighted by Crippen LogP contribution is -2.26. The van der Waals surface area contributed by atoms with Crippen LogP contribution in [-0.4, -0.2) is 10.9 Å². The van der Waals surface area contributed by atoms with Crippen LogP contribution in [0.5, 0.6) is 0 Å². The molecule has 1 aromatic heterocycles. The molecular formula is C17H15BrN2O. The molecule has 0 aliphatic heterocycles. The Morgan fingerprint density at radius 2 is 2.00 bits per heavy atom. The number of aromatic nitrogens is 1. The molecule has 2 N–H and O–H groups in total. The summed E-state index contributed by atoms with van der Waals surface area (Å²) in [5, 5.41) is 4.08. The molecule has 1 amide bonds. The van der Waals surface area contributed by atoms with Crippen molar-refractivity contribution in [3.05, 3.63) is 70.3 Å². The molecule has 0 radical (unpaired) electrons. The van der Waals surface area contributed by atoms with Gasteiger partial charge in [-0.15, -0.1) is 0 Å². The third kappa shape index (κ3) is 2.85. The fourth-order valence-electron chi connectivity index (χ4n) is 2.41. The summed E-state index contributed by atoms with van der Waals surface area (Å²) in [6, 6.07) is 15.6. The van der Waals surface area contributed by atoms with Gasteiger partial charge in [0.25, 0.3) is 5.91 Å². The van der Waals surface area contributed by atoms with Crippen molar-refractivity contribution < 1.29 is 4.79 Å². The molecule has 0 aliphatic carbocycles. The van der Waals surface area contributed by atoms with Crippen molar-refractivity contribution in [3.8, 4) is 0 Å². The Labute approximate surface area is 131 Å².